The lowest BCUT2D eigenvalue weighted by molar-refractivity contribution is -0.838. The van der Waals surface area contributed by atoms with Crippen LogP contribution in [-0.4, -0.2) is 47.7 Å². The number of quaternary nitrogens is 1. The number of fused-ring (bicyclic) bond motifs is 5. The van der Waals surface area contributed by atoms with Crippen LogP contribution in [0.25, 0.3) is 22.0 Å². The number of nitrogens with one attached hydrogen (secondary N) is 1. The van der Waals surface area contributed by atoms with Gasteiger partial charge in [0.1, 0.15) is 11.6 Å². The van der Waals surface area contributed by atoms with Gasteiger partial charge < -0.3 is 20.3 Å². The van der Waals surface area contributed by atoms with E-state index in [-0.39, 0.29) is 11.5 Å². The number of pyridine rings is 1. The van der Waals surface area contributed by atoms with E-state index in [4.69, 9.17) is 0 Å². The third-order valence-corrected chi connectivity index (χ3v) is 4.58. The Labute approximate surface area is 150 Å². The number of carbonyl (C=O) groups excluding carboxylic acids is 1. The molecule has 0 bridgehead atoms. The predicted molar refractivity (Wildman–Crippen MR) is 101 cm³/mol. The molecule has 4 rings (SSSR count). The molecule has 6 heteroatoms. The highest BCUT2D eigenvalue weighted by Crippen LogP contribution is 2.44. The molecule has 1 aliphatic carbocycles. The molecule has 0 radical (unpaired) electrons. The van der Waals surface area contributed by atoms with E-state index >= 15 is 0 Å². The Bertz CT molecular complexity index is 1040. The van der Waals surface area contributed by atoms with Crippen molar-refractivity contribution in [2.45, 2.75) is 0 Å². The number of hydrogen-bond donors (Lipinski definition) is 2. The molecule has 6 nitrogen and oxygen atoms in total. The first kappa shape index (κ1) is 16.5. The number of rotatable bonds is 4. The van der Waals surface area contributed by atoms with Crippen LogP contribution in [-0.2, 0) is 0 Å². The van der Waals surface area contributed by atoms with Gasteiger partial charge in [-0.1, -0.05) is 24.3 Å². The first-order valence-electron chi connectivity index (χ1n) is 8.44. The van der Waals surface area contributed by atoms with E-state index < -0.39 is 4.65 Å². The summed E-state index contributed by atoms with van der Waals surface area (Å²) < 4.78 is -0.433. The molecule has 1 heterocycles. The van der Waals surface area contributed by atoms with Crippen LogP contribution in [0.2, 0.25) is 0 Å². The molecule has 0 spiro atoms. The quantitative estimate of drug-likeness (QED) is 0.437. The van der Waals surface area contributed by atoms with Gasteiger partial charge in [-0.2, -0.15) is 0 Å². The Morgan fingerprint density at radius 1 is 1.12 bits per heavy atom. The SMILES string of the molecule is C[N+](C)([O-])CCNc1nc2cc(O)ccc2c2c1C(=O)c1ccccc1-2. The summed E-state index contributed by atoms with van der Waals surface area (Å²) in [5.74, 6) is 0.495. The average Bonchev–Trinajstić information content (AvgIpc) is 2.88. The van der Waals surface area contributed by atoms with Gasteiger partial charge in [0.15, 0.2) is 5.78 Å². The number of nitrogens with zero attached hydrogens (tertiary/aromatic N) is 2. The number of phenols is 1. The van der Waals surface area contributed by atoms with E-state index in [0.29, 0.717) is 35.6 Å². The van der Waals surface area contributed by atoms with Crippen LogP contribution in [0.3, 0.4) is 0 Å². The molecule has 2 N–H and O–H groups in total. The summed E-state index contributed by atoms with van der Waals surface area (Å²) >= 11 is 0. The van der Waals surface area contributed by atoms with Crippen molar-refractivity contribution in [3.8, 4) is 16.9 Å². The lowest BCUT2D eigenvalue weighted by Crippen LogP contribution is -2.37. The second-order valence-corrected chi connectivity index (χ2v) is 7.01. The fourth-order valence-electron chi connectivity index (χ4n) is 3.36. The Hall–Kier alpha value is -2.96. The molecule has 0 amide bonds. The van der Waals surface area contributed by atoms with Crippen molar-refractivity contribution in [3.05, 3.63) is 58.8 Å². The number of likely N-dealkylation sites (N-methyl/N-ethyl adjacent to an activating group) is 1. The van der Waals surface area contributed by atoms with E-state index in [1.165, 1.54) is 0 Å². The van der Waals surface area contributed by atoms with Gasteiger partial charge in [0.25, 0.3) is 0 Å². The van der Waals surface area contributed by atoms with Crippen molar-refractivity contribution in [2.24, 2.45) is 0 Å². The monoisotopic (exact) mass is 349 g/mol. The highest BCUT2D eigenvalue weighted by Gasteiger charge is 2.32. The number of ketones is 1. The van der Waals surface area contributed by atoms with E-state index in [9.17, 15) is 15.1 Å². The van der Waals surface area contributed by atoms with Crippen LogP contribution < -0.4 is 5.32 Å². The summed E-state index contributed by atoms with van der Waals surface area (Å²) in [6, 6.07) is 12.4. The van der Waals surface area contributed by atoms with E-state index in [2.05, 4.69) is 10.3 Å². The van der Waals surface area contributed by atoms with Crippen LogP contribution in [0.4, 0.5) is 5.82 Å². The van der Waals surface area contributed by atoms with Crippen LogP contribution in [0, 0.1) is 5.21 Å². The van der Waals surface area contributed by atoms with Gasteiger partial charge in [0.05, 0.1) is 38.3 Å². The maximum absolute atomic E-state index is 13.0. The molecule has 2 aromatic carbocycles. The molecule has 0 atom stereocenters. The summed E-state index contributed by atoms with van der Waals surface area (Å²) in [5.41, 5.74) is 3.47. The fraction of sp³-hybridized carbons (Fsp3) is 0.200. The smallest absolute Gasteiger partial charge is 0.198 e. The first-order valence-corrected chi connectivity index (χ1v) is 8.44. The van der Waals surface area contributed by atoms with Crippen LogP contribution in [0.5, 0.6) is 5.75 Å². The minimum absolute atomic E-state index is 0.0727. The van der Waals surface area contributed by atoms with Gasteiger partial charge in [-0.05, 0) is 17.7 Å². The number of hydroxylamine groups is 3. The number of carbonyl (C=O) groups is 1. The maximum Gasteiger partial charge on any atom is 0.198 e. The van der Waals surface area contributed by atoms with E-state index in [1.54, 1.807) is 32.3 Å². The maximum atomic E-state index is 13.0. The van der Waals surface area contributed by atoms with Crippen molar-refractivity contribution in [2.75, 3.05) is 32.5 Å². The Morgan fingerprint density at radius 3 is 2.58 bits per heavy atom. The lowest BCUT2D eigenvalue weighted by Gasteiger charge is -2.33. The topological polar surface area (TPSA) is 85.3 Å². The highest BCUT2D eigenvalue weighted by atomic mass is 16.5. The average molecular weight is 349 g/mol. The number of anilines is 1. The summed E-state index contributed by atoms with van der Waals surface area (Å²) in [6.45, 7) is 0.736. The van der Waals surface area contributed by atoms with E-state index in [1.807, 2.05) is 24.3 Å². The molecule has 1 aromatic heterocycles. The minimum atomic E-state index is -0.433. The van der Waals surface area contributed by atoms with Crippen molar-refractivity contribution >= 4 is 22.5 Å². The predicted octanol–water partition coefficient (Wildman–Crippen LogP) is 3.14. The second kappa shape index (κ2) is 5.79. The minimum Gasteiger partial charge on any atom is -0.633 e. The number of aromatic hydroxyl groups is 1. The van der Waals surface area contributed by atoms with Crippen LogP contribution >= 0.6 is 0 Å². The van der Waals surface area contributed by atoms with Gasteiger partial charge in [-0.15, -0.1) is 0 Å². The zero-order chi connectivity index (χ0) is 18.5. The van der Waals surface area contributed by atoms with Gasteiger partial charge >= 0.3 is 0 Å². The van der Waals surface area contributed by atoms with Crippen molar-refractivity contribution in [1.29, 1.82) is 0 Å². The largest absolute Gasteiger partial charge is 0.633 e. The molecule has 26 heavy (non-hydrogen) atoms. The van der Waals surface area contributed by atoms with Gasteiger partial charge in [-0.3, -0.25) is 4.79 Å². The van der Waals surface area contributed by atoms with Crippen molar-refractivity contribution in [3.63, 3.8) is 0 Å². The summed E-state index contributed by atoms with van der Waals surface area (Å²) in [4.78, 5) is 17.5. The number of benzene rings is 2. The normalized spacial score (nSPS) is 13.0. The van der Waals surface area contributed by atoms with Gasteiger partial charge in [-0.25, -0.2) is 4.98 Å². The third kappa shape index (κ3) is 2.69. The molecule has 3 aromatic rings. The molecule has 0 unspecified atom stereocenters. The fourth-order valence-corrected chi connectivity index (χ4v) is 3.36. The highest BCUT2D eigenvalue weighted by molar-refractivity contribution is 6.28. The summed E-state index contributed by atoms with van der Waals surface area (Å²) in [7, 11) is 3.14. The number of phenolic OH excluding ortho intramolecular Hbond substituents is 1. The van der Waals surface area contributed by atoms with Crippen molar-refractivity contribution < 1.29 is 14.5 Å². The van der Waals surface area contributed by atoms with Crippen LogP contribution in [0.1, 0.15) is 15.9 Å². The Kier molecular flexibility index (Phi) is 3.68. The lowest BCUT2D eigenvalue weighted by atomic mass is 10.0. The van der Waals surface area contributed by atoms with Gasteiger partial charge in [0, 0.05) is 22.6 Å². The standard InChI is InChI=1S/C20H19N3O3/c1-23(2,26)10-9-21-20-18-17(13-5-3-4-6-14(13)19(18)25)15-8-7-12(24)11-16(15)22-20/h3-8,11,24H,9-10H2,1-2H3,(H,21,22). The zero-order valence-electron chi connectivity index (χ0n) is 14.6. The zero-order valence-corrected chi connectivity index (χ0v) is 14.6. The van der Waals surface area contributed by atoms with Crippen molar-refractivity contribution in [1.82, 2.24) is 4.98 Å². The molecular weight excluding hydrogens is 330 g/mol. The molecule has 0 fully saturated rings. The third-order valence-electron chi connectivity index (χ3n) is 4.58. The second-order valence-electron chi connectivity index (χ2n) is 7.01. The van der Waals surface area contributed by atoms with E-state index in [0.717, 1.165) is 16.5 Å². The Morgan fingerprint density at radius 2 is 1.85 bits per heavy atom. The number of hydrogen-bond acceptors (Lipinski definition) is 5. The molecule has 132 valence electrons. The Balaban J connectivity index is 1.90. The molecule has 0 saturated heterocycles. The number of aromatic nitrogens is 1. The van der Waals surface area contributed by atoms with Gasteiger partial charge in [0.2, 0.25) is 0 Å². The summed E-state index contributed by atoms with van der Waals surface area (Å²) in [6.07, 6.45) is 0. The van der Waals surface area contributed by atoms with Crippen LogP contribution in [0.15, 0.2) is 42.5 Å². The molecular formula is C20H19N3O3. The summed E-state index contributed by atoms with van der Waals surface area (Å²) in [5, 5.41) is 25.6. The molecule has 0 saturated carbocycles. The first-order chi connectivity index (χ1) is 12.3. The molecule has 1 aliphatic rings. The molecule has 0 aliphatic heterocycles.